The van der Waals surface area contributed by atoms with Crippen molar-refractivity contribution in [1.29, 1.82) is 0 Å². The normalized spacial score (nSPS) is 9.93. The summed E-state index contributed by atoms with van der Waals surface area (Å²) >= 11 is 0. The van der Waals surface area contributed by atoms with Gasteiger partial charge in [-0.25, -0.2) is 0 Å². The molecule has 0 fully saturated rings. The molecule has 0 aromatic heterocycles. The van der Waals surface area contributed by atoms with Gasteiger partial charge in [0.2, 0.25) is 0 Å². The fourth-order valence-electron chi connectivity index (χ4n) is 1.43. The third-order valence-electron chi connectivity index (χ3n) is 1.99. The Bertz CT molecular complexity index is 329. The van der Waals surface area contributed by atoms with Crippen LogP contribution in [0.5, 0.6) is 5.75 Å². The van der Waals surface area contributed by atoms with Crippen molar-refractivity contribution < 1.29 is 9.53 Å². The van der Waals surface area contributed by atoms with Crippen LogP contribution in [0.4, 0.5) is 0 Å². The van der Waals surface area contributed by atoms with Crippen LogP contribution < -0.4 is 4.74 Å². The molecular weight excluding hydrogens is 176 g/mol. The van der Waals surface area contributed by atoms with Crippen molar-refractivity contribution in [2.75, 3.05) is 0 Å². The molecule has 2 nitrogen and oxygen atoms in total. The zero-order valence-electron chi connectivity index (χ0n) is 8.96. The molecule has 0 atom stereocenters. The van der Waals surface area contributed by atoms with Gasteiger partial charge in [-0.3, -0.25) is 4.79 Å². The minimum absolute atomic E-state index is 0.258. The number of carbonyl (C=O) groups is 1. The number of rotatable bonds is 3. The second kappa shape index (κ2) is 4.80. The first-order chi connectivity index (χ1) is 6.63. The molecular formula is C12H16O2. The molecule has 0 aliphatic rings. The molecule has 1 rings (SSSR count). The molecule has 76 valence electrons. The first-order valence-electron chi connectivity index (χ1n) is 4.91. The smallest absolute Gasteiger partial charge is 0.308 e. The van der Waals surface area contributed by atoms with Crippen molar-refractivity contribution in [2.24, 2.45) is 0 Å². The second-order valence-corrected chi connectivity index (χ2v) is 3.45. The molecule has 0 aliphatic heterocycles. The molecule has 1 aromatic rings. The molecule has 0 spiro atoms. The summed E-state index contributed by atoms with van der Waals surface area (Å²) < 4.78 is 5.11. The van der Waals surface area contributed by atoms with Gasteiger partial charge in [0.15, 0.2) is 0 Å². The fourth-order valence-corrected chi connectivity index (χ4v) is 1.43. The Morgan fingerprint density at radius 1 is 1.43 bits per heavy atom. The maximum absolute atomic E-state index is 10.8. The molecule has 2 heteroatoms. The van der Waals surface area contributed by atoms with Crippen molar-refractivity contribution in [1.82, 2.24) is 0 Å². The number of esters is 1. The van der Waals surface area contributed by atoms with E-state index in [2.05, 4.69) is 13.0 Å². The Morgan fingerprint density at radius 2 is 2.14 bits per heavy atom. The summed E-state index contributed by atoms with van der Waals surface area (Å²) in [6, 6.07) is 5.89. The summed E-state index contributed by atoms with van der Waals surface area (Å²) in [5.41, 5.74) is 2.31. The van der Waals surface area contributed by atoms with Crippen molar-refractivity contribution in [2.45, 2.75) is 33.6 Å². The Hall–Kier alpha value is -1.31. The number of hydrogen-bond donors (Lipinski definition) is 0. The number of benzene rings is 1. The Labute approximate surface area is 84.9 Å². The third kappa shape index (κ3) is 2.87. The SMILES string of the molecule is CCCc1cc(C)ccc1OC(C)=O. The first-order valence-corrected chi connectivity index (χ1v) is 4.91. The lowest BCUT2D eigenvalue weighted by molar-refractivity contribution is -0.131. The van der Waals surface area contributed by atoms with E-state index in [0.717, 1.165) is 18.4 Å². The molecule has 14 heavy (non-hydrogen) atoms. The maximum atomic E-state index is 10.8. The van der Waals surface area contributed by atoms with E-state index in [1.54, 1.807) is 0 Å². The summed E-state index contributed by atoms with van der Waals surface area (Å²) in [6.45, 7) is 5.58. The average molecular weight is 192 g/mol. The van der Waals surface area contributed by atoms with E-state index in [1.807, 2.05) is 19.1 Å². The zero-order chi connectivity index (χ0) is 10.6. The highest BCUT2D eigenvalue weighted by Crippen LogP contribution is 2.21. The van der Waals surface area contributed by atoms with Crippen molar-refractivity contribution in [3.63, 3.8) is 0 Å². The molecule has 0 saturated heterocycles. The van der Waals surface area contributed by atoms with Gasteiger partial charge in [0.25, 0.3) is 0 Å². The van der Waals surface area contributed by atoms with E-state index in [0.29, 0.717) is 5.75 Å². The highest BCUT2D eigenvalue weighted by atomic mass is 16.5. The minimum Gasteiger partial charge on any atom is -0.426 e. The number of ether oxygens (including phenoxy) is 1. The molecule has 0 heterocycles. The maximum Gasteiger partial charge on any atom is 0.308 e. The first kappa shape index (κ1) is 10.8. The van der Waals surface area contributed by atoms with Gasteiger partial charge in [0.1, 0.15) is 5.75 Å². The summed E-state index contributed by atoms with van der Waals surface area (Å²) in [7, 11) is 0. The van der Waals surface area contributed by atoms with E-state index < -0.39 is 0 Å². The van der Waals surface area contributed by atoms with E-state index in [4.69, 9.17) is 4.74 Å². The topological polar surface area (TPSA) is 26.3 Å². The van der Waals surface area contributed by atoms with Crippen LogP contribution in [-0.2, 0) is 11.2 Å². The summed E-state index contributed by atoms with van der Waals surface area (Å²) in [4.78, 5) is 10.8. The minimum atomic E-state index is -0.258. The zero-order valence-corrected chi connectivity index (χ0v) is 8.96. The van der Waals surface area contributed by atoms with E-state index >= 15 is 0 Å². The van der Waals surface area contributed by atoms with E-state index in [9.17, 15) is 4.79 Å². The van der Waals surface area contributed by atoms with Crippen LogP contribution in [-0.4, -0.2) is 5.97 Å². The fraction of sp³-hybridized carbons (Fsp3) is 0.417. The van der Waals surface area contributed by atoms with Crippen LogP contribution >= 0.6 is 0 Å². The lowest BCUT2D eigenvalue weighted by Gasteiger charge is -2.08. The van der Waals surface area contributed by atoms with E-state index in [-0.39, 0.29) is 5.97 Å². The number of hydrogen-bond acceptors (Lipinski definition) is 2. The van der Waals surface area contributed by atoms with Crippen LogP contribution in [0.25, 0.3) is 0 Å². The second-order valence-electron chi connectivity index (χ2n) is 3.45. The van der Waals surface area contributed by atoms with Gasteiger partial charge in [0, 0.05) is 6.92 Å². The van der Waals surface area contributed by atoms with Gasteiger partial charge >= 0.3 is 5.97 Å². The molecule has 0 N–H and O–H groups in total. The van der Waals surface area contributed by atoms with Gasteiger partial charge in [-0.05, 0) is 25.0 Å². The molecule has 0 saturated carbocycles. The monoisotopic (exact) mass is 192 g/mol. The van der Waals surface area contributed by atoms with Gasteiger partial charge in [-0.2, -0.15) is 0 Å². The predicted molar refractivity (Wildman–Crippen MR) is 56.5 cm³/mol. The molecule has 0 unspecified atom stereocenters. The van der Waals surface area contributed by atoms with Gasteiger partial charge in [0.05, 0.1) is 0 Å². The third-order valence-corrected chi connectivity index (χ3v) is 1.99. The van der Waals surface area contributed by atoms with Crippen LogP contribution in [0.2, 0.25) is 0 Å². The Balaban J connectivity index is 2.95. The summed E-state index contributed by atoms with van der Waals surface area (Å²) in [5.74, 6) is 0.441. The molecule has 0 bridgehead atoms. The lowest BCUT2D eigenvalue weighted by Crippen LogP contribution is -2.04. The van der Waals surface area contributed by atoms with E-state index in [1.165, 1.54) is 12.5 Å². The van der Waals surface area contributed by atoms with Crippen LogP contribution in [0.1, 0.15) is 31.4 Å². The Morgan fingerprint density at radius 3 is 2.71 bits per heavy atom. The van der Waals surface area contributed by atoms with Crippen LogP contribution in [0, 0.1) is 6.92 Å². The van der Waals surface area contributed by atoms with Gasteiger partial charge < -0.3 is 4.74 Å². The van der Waals surface area contributed by atoms with Gasteiger partial charge in [-0.1, -0.05) is 31.0 Å². The molecule has 1 aromatic carbocycles. The Kier molecular flexibility index (Phi) is 3.69. The summed E-state index contributed by atoms with van der Waals surface area (Å²) in [5, 5.41) is 0. The quantitative estimate of drug-likeness (QED) is 0.543. The largest absolute Gasteiger partial charge is 0.426 e. The lowest BCUT2D eigenvalue weighted by atomic mass is 10.1. The van der Waals surface area contributed by atoms with Crippen LogP contribution in [0.15, 0.2) is 18.2 Å². The predicted octanol–water partition coefficient (Wildman–Crippen LogP) is 2.87. The molecule has 0 radical (unpaired) electrons. The molecule has 0 aliphatic carbocycles. The number of aryl methyl sites for hydroxylation is 2. The highest BCUT2D eigenvalue weighted by Gasteiger charge is 2.05. The summed E-state index contributed by atoms with van der Waals surface area (Å²) in [6.07, 6.45) is 2.00. The standard InChI is InChI=1S/C12H16O2/c1-4-5-11-8-9(2)6-7-12(11)14-10(3)13/h6-8H,4-5H2,1-3H3. The van der Waals surface area contributed by atoms with Crippen molar-refractivity contribution in [3.8, 4) is 5.75 Å². The number of carbonyl (C=O) groups excluding carboxylic acids is 1. The van der Waals surface area contributed by atoms with Gasteiger partial charge in [-0.15, -0.1) is 0 Å². The van der Waals surface area contributed by atoms with Crippen molar-refractivity contribution in [3.05, 3.63) is 29.3 Å². The van der Waals surface area contributed by atoms with Crippen molar-refractivity contribution >= 4 is 5.97 Å². The van der Waals surface area contributed by atoms with Crippen LogP contribution in [0.3, 0.4) is 0 Å². The molecule has 0 amide bonds. The highest BCUT2D eigenvalue weighted by molar-refractivity contribution is 5.69. The average Bonchev–Trinajstić information content (AvgIpc) is 2.09.